The van der Waals surface area contributed by atoms with E-state index in [0.717, 1.165) is 36.8 Å². The van der Waals surface area contributed by atoms with Crippen molar-refractivity contribution in [3.05, 3.63) is 54.2 Å². The van der Waals surface area contributed by atoms with Crippen molar-refractivity contribution in [2.24, 2.45) is 5.92 Å². The van der Waals surface area contributed by atoms with E-state index >= 15 is 0 Å². The largest absolute Gasteiger partial charge is 0.370 e. The second kappa shape index (κ2) is 6.68. The summed E-state index contributed by atoms with van der Waals surface area (Å²) >= 11 is 0. The van der Waals surface area contributed by atoms with Crippen LogP contribution in [0.5, 0.6) is 0 Å². The Hall–Kier alpha value is -2.67. The summed E-state index contributed by atoms with van der Waals surface area (Å²) in [4.78, 5) is 3.98. The Morgan fingerprint density at radius 3 is 2.92 bits per heavy atom. The maximum Gasteiger partial charge on any atom is 0.138 e. The summed E-state index contributed by atoms with van der Waals surface area (Å²) in [6.45, 7) is 7.13. The zero-order valence-electron chi connectivity index (χ0n) is 14.6. The molecule has 0 aliphatic carbocycles. The first-order chi connectivity index (χ1) is 12.2. The minimum atomic E-state index is 0.297. The molecule has 0 spiro atoms. The van der Waals surface area contributed by atoms with Crippen LogP contribution in [0.25, 0.3) is 5.69 Å². The Morgan fingerprint density at radius 2 is 2.16 bits per heavy atom. The molecule has 0 saturated carbocycles. The maximum absolute atomic E-state index is 4.53. The minimum Gasteiger partial charge on any atom is -0.370 e. The highest BCUT2D eigenvalue weighted by atomic mass is 15.3. The normalized spacial score (nSPS) is 17.8. The molecule has 1 aliphatic heterocycles. The highest BCUT2D eigenvalue weighted by molar-refractivity contribution is 5.38. The van der Waals surface area contributed by atoms with Crippen LogP contribution in [-0.4, -0.2) is 37.6 Å². The van der Waals surface area contributed by atoms with Crippen molar-refractivity contribution in [2.75, 3.05) is 18.4 Å². The van der Waals surface area contributed by atoms with Gasteiger partial charge < -0.3 is 10.6 Å². The molecule has 2 N–H and O–H groups in total. The predicted molar refractivity (Wildman–Crippen MR) is 96.7 cm³/mol. The molecule has 2 atom stereocenters. The fourth-order valence-electron chi connectivity index (χ4n) is 3.24. The number of nitrogens with one attached hydrogen (secondary N) is 2. The molecule has 1 aliphatic rings. The molecule has 1 aromatic carbocycles. The Kier molecular flexibility index (Phi) is 4.23. The Bertz CT molecular complexity index is 820. The number of anilines is 1. The summed E-state index contributed by atoms with van der Waals surface area (Å²) < 4.78 is 3.84. The molecule has 0 radical (unpaired) electrons. The molecule has 2 aromatic heterocycles. The number of aromatic nitrogens is 5. The lowest BCUT2D eigenvalue weighted by atomic mass is 10.1. The third kappa shape index (κ3) is 3.41. The highest BCUT2D eigenvalue weighted by Crippen LogP contribution is 2.20. The zero-order chi connectivity index (χ0) is 17.2. The summed E-state index contributed by atoms with van der Waals surface area (Å²) in [6.07, 6.45) is 3.25. The van der Waals surface area contributed by atoms with Gasteiger partial charge in [0, 0.05) is 37.7 Å². The Balaban J connectivity index is 1.34. The molecule has 3 heterocycles. The van der Waals surface area contributed by atoms with Gasteiger partial charge in [-0.3, -0.25) is 0 Å². The predicted octanol–water partition coefficient (Wildman–Crippen LogP) is 2.16. The molecule has 0 saturated heterocycles. The molecule has 0 amide bonds. The lowest BCUT2D eigenvalue weighted by Gasteiger charge is -2.26. The van der Waals surface area contributed by atoms with Crippen molar-refractivity contribution >= 4 is 5.82 Å². The molecule has 0 fully saturated rings. The van der Waals surface area contributed by atoms with Gasteiger partial charge in [-0.2, -0.15) is 10.2 Å². The van der Waals surface area contributed by atoms with E-state index in [9.17, 15) is 0 Å². The average molecular weight is 337 g/mol. The molecule has 25 heavy (non-hydrogen) atoms. The van der Waals surface area contributed by atoms with E-state index in [1.54, 1.807) is 17.3 Å². The quantitative estimate of drug-likeness (QED) is 0.746. The van der Waals surface area contributed by atoms with Gasteiger partial charge in [-0.15, -0.1) is 0 Å². The highest BCUT2D eigenvalue weighted by Gasteiger charge is 2.19. The first-order valence-corrected chi connectivity index (χ1v) is 8.66. The summed E-state index contributed by atoms with van der Waals surface area (Å²) in [7, 11) is 0. The molecule has 3 aromatic rings. The van der Waals surface area contributed by atoms with Gasteiger partial charge in [0.2, 0.25) is 0 Å². The second-order valence-corrected chi connectivity index (χ2v) is 6.66. The van der Waals surface area contributed by atoms with E-state index in [0.29, 0.717) is 12.0 Å². The van der Waals surface area contributed by atoms with E-state index < -0.39 is 0 Å². The SMILES string of the molecule is Cc1cc2n(n1)C[C@H](CN[C@@H](C)c1ccc(-n3cncn3)cc1)CN2. The van der Waals surface area contributed by atoms with E-state index in [1.807, 2.05) is 6.92 Å². The molecule has 130 valence electrons. The van der Waals surface area contributed by atoms with Gasteiger partial charge in [0.25, 0.3) is 0 Å². The topological polar surface area (TPSA) is 72.6 Å². The van der Waals surface area contributed by atoms with Crippen LogP contribution in [0, 0.1) is 12.8 Å². The van der Waals surface area contributed by atoms with Crippen molar-refractivity contribution in [3.63, 3.8) is 0 Å². The van der Waals surface area contributed by atoms with Crippen LogP contribution in [0.15, 0.2) is 43.0 Å². The molecule has 7 heteroatoms. The van der Waals surface area contributed by atoms with E-state index in [2.05, 4.69) is 67.8 Å². The minimum absolute atomic E-state index is 0.297. The standard InChI is InChI=1S/C18H23N7/c1-13-7-18-21-9-15(10-24(18)23-13)8-20-14(2)16-3-5-17(6-4-16)25-12-19-11-22-25/h3-7,11-12,14-15,20-21H,8-10H2,1-2H3/t14-,15+/m0/s1. The van der Waals surface area contributed by atoms with Crippen LogP contribution in [0.2, 0.25) is 0 Å². The number of rotatable bonds is 5. The molecule has 0 unspecified atom stereocenters. The molecule has 0 bridgehead atoms. The Morgan fingerprint density at radius 1 is 1.32 bits per heavy atom. The van der Waals surface area contributed by atoms with E-state index in [1.165, 1.54) is 5.56 Å². The molecule has 7 nitrogen and oxygen atoms in total. The van der Waals surface area contributed by atoms with Gasteiger partial charge in [0.05, 0.1) is 11.4 Å². The molecule has 4 rings (SSSR count). The second-order valence-electron chi connectivity index (χ2n) is 6.66. The van der Waals surface area contributed by atoms with Crippen LogP contribution in [0.1, 0.15) is 24.2 Å². The van der Waals surface area contributed by atoms with Crippen molar-refractivity contribution in [1.82, 2.24) is 29.9 Å². The van der Waals surface area contributed by atoms with Crippen LogP contribution in [0.4, 0.5) is 5.82 Å². The van der Waals surface area contributed by atoms with Gasteiger partial charge in [0.1, 0.15) is 18.5 Å². The fourth-order valence-corrected chi connectivity index (χ4v) is 3.24. The Labute approximate surface area is 147 Å². The van der Waals surface area contributed by atoms with Gasteiger partial charge in [-0.1, -0.05) is 12.1 Å². The van der Waals surface area contributed by atoms with Crippen molar-refractivity contribution in [3.8, 4) is 5.69 Å². The maximum atomic E-state index is 4.53. The number of aryl methyl sites for hydroxylation is 1. The number of nitrogens with zero attached hydrogens (tertiary/aromatic N) is 5. The van der Waals surface area contributed by atoms with E-state index in [-0.39, 0.29) is 0 Å². The summed E-state index contributed by atoms with van der Waals surface area (Å²) in [5.74, 6) is 1.66. The lowest BCUT2D eigenvalue weighted by Crippen LogP contribution is -2.36. The van der Waals surface area contributed by atoms with Crippen molar-refractivity contribution < 1.29 is 0 Å². The van der Waals surface area contributed by atoms with Gasteiger partial charge in [0.15, 0.2) is 0 Å². The summed E-state index contributed by atoms with van der Waals surface area (Å²) in [5, 5.41) is 15.8. The van der Waals surface area contributed by atoms with Gasteiger partial charge in [-0.25, -0.2) is 14.3 Å². The van der Waals surface area contributed by atoms with Crippen LogP contribution >= 0.6 is 0 Å². The van der Waals surface area contributed by atoms with Gasteiger partial charge in [-0.05, 0) is 31.5 Å². The lowest BCUT2D eigenvalue weighted by molar-refractivity contribution is 0.375. The van der Waals surface area contributed by atoms with Crippen LogP contribution in [-0.2, 0) is 6.54 Å². The van der Waals surface area contributed by atoms with Gasteiger partial charge >= 0.3 is 0 Å². The van der Waals surface area contributed by atoms with Crippen molar-refractivity contribution in [1.29, 1.82) is 0 Å². The first kappa shape index (κ1) is 15.8. The number of fused-ring (bicyclic) bond motifs is 1. The monoisotopic (exact) mass is 337 g/mol. The van der Waals surface area contributed by atoms with E-state index in [4.69, 9.17) is 0 Å². The van der Waals surface area contributed by atoms with Crippen LogP contribution < -0.4 is 10.6 Å². The number of hydrogen-bond donors (Lipinski definition) is 2. The smallest absolute Gasteiger partial charge is 0.138 e. The van der Waals surface area contributed by atoms with Crippen LogP contribution in [0.3, 0.4) is 0 Å². The van der Waals surface area contributed by atoms with Crippen molar-refractivity contribution in [2.45, 2.75) is 26.4 Å². The molecular weight excluding hydrogens is 314 g/mol. The summed E-state index contributed by atoms with van der Waals surface area (Å²) in [5.41, 5.74) is 3.35. The first-order valence-electron chi connectivity index (χ1n) is 8.66. The molecular formula is C18H23N7. The third-order valence-electron chi connectivity index (χ3n) is 4.69. The fraction of sp³-hybridized carbons (Fsp3) is 0.389. The zero-order valence-corrected chi connectivity index (χ0v) is 14.6. The number of benzene rings is 1. The summed E-state index contributed by atoms with van der Waals surface area (Å²) in [6, 6.07) is 10.8. The average Bonchev–Trinajstić information content (AvgIpc) is 3.28. The number of hydrogen-bond acceptors (Lipinski definition) is 5. The third-order valence-corrected chi connectivity index (χ3v) is 4.69.